The molecule has 0 saturated heterocycles. The van der Waals surface area contributed by atoms with E-state index in [9.17, 15) is 4.79 Å². The highest BCUT2D eigenvalue weighted by Crippen LogP contribution is 2.12. The molecular weight excluding hydrogens is 228 g/mol. The van der Waals surface area contributed by atoms with E-state index < -0.39 is 0 Å². The van der Waals surface area contributed by atoms with Gasteiger partial charge in [-0.25, -0.2) is 9.97 Å². The molecule has 0 aliphatic carbocycles. The minimum Gasteiger partial charge on any atom is -0.382 e. The summed E-state index contributed by atoms with van der Waals surface area (Å²) in [4.78, 5) is 19.6. The number of hydrogen-bond acceptors (Lipinski definition) is 4. The van der Waals surface area contributed by atoms with Gasteiger partial charge in [-0.05, 0) is 24.1 Å². The smallest absolute Gasteiger partial charge is 0.278 e. The van der Waals surface area contributed by atoms with Crippen LogP contribution < -0.4 is 11.1 Å². The molecule has 1 heterocycles. The maximum absolute atomic E-state index is 11.9. The number of rotatable bonds is 3. The molecule has 2 aromatic rings. The van der Waals surface area contributed by atoms with Gasteiger partial charge in [0.1, 0.15) is 0 Å². The standard InChI is InChI=1S/C13H14N4O/c1-2-9-3-5-10(6-4-9)17-13(18)11-12(14)16-8-7-15-11/h3-8H,2H2,1H3,(H2,14,16)(H,17,18). The molecule has 0 aliphatic rings. The van der Waals surface area contributed by atoms with Gasteiger partial charge in [-0.2, -0.15) is 0 Å². The molecule has 92 valence electrons. The Labute approximate surface area is 105 Å². The van der Waals surface area contributed by atoms with Crippen LogP contribution in [0.15, 0.2) is 36.7 Å². The summed E-state index contributed by atoms with van der Waals surface area (Å²) in [5, 5.41) is 2.73. The molecule has 0 bridgehead atoms. The lowest BCUT2D eigenvalue weighted by molar-refractivity contribution is 0.102. The van der Waals surface area contributed by atoms with Crippen LogP contribution in [0.4, 0.5) is 11.5 Å². The highest BCUT2D eigenvalue weighted by Gasteiger charge is 2.11. The zero-order chi connectivity index (χ0) is 13.0. The fourth-order valence-corrected chi connectivity index (χ4v) is 1.54. The summed E-state index contributed by atoms with van der Waals surface area (Å²) < 4.78 is 0. The molecule has 3 N–H and O–H groups in total. The second-order valence-corrected chi connectivity index (χ2v) is 3.79. The van der Waals surface area contributed by atoms with Gasteiger partial charge in [0, 0.05) is 18.1 Å². The van der Waals surface area contributed by atoms with Gasteiger partial charge < -0.3 is 11.1 Å². The van der Waals surface area contributed by atoms with Gasteiger partial charge in [0.25, 0.3) is 5.91 Å². The van der Waals surface area contributed by atoms with Gasteiger partial charge in [-0.1, -0.05) is 19.1 Å². The van der Waals surface area contributed by atoms with Crippen molar-refractivity contribution in [3.63, 3.8) is 0 Å². The van der Waals surface area contributed by atoms with Crippen molar-refractivity contribution >= 4 is 17.4 Å². The van der Waals surface area contributed by atoms with E-state index in [1.54, 1.807) is 0 Å². The zero-order valence-electron chi connectivity index (χ0n) is 10.1. The normalized spacial score (nSPS) is 10.1. The van der Waals surface area contributed by atoms with Gasteiger partial charge in [-0.15, -0.1) is 0 Å². The Morgan fingerprint density at radius 1 is 1.22 bits per heavy atom. The van der Waals surface area contributed by atoms with Crippen molar-refractivity contribution in [2.24, 2.45) is 0 Å². The van der Waals surface area contributed by atoms with E-state index in [-0.39, 0.29) is 17.4 Å². The number of nitrogens with zero attached hydrogens (tertiary/aromatic N) is 2. The molecule has 0 fully saturated rings. The number of carbonyl (C=O) groups excluding carboxylic acids is 1. The van der Waals surface area contributed by atoms with E-state index in [0.717, 1.165) is 6.42 Å². The van der Waals surface area contributed by atoms with E-state index >= 15 is 0 Å². The number of aromatic nitrogens is 2. The third-order valence-corrected chi connectivity index (χ3v) is 2.56. The van der Waals surface area contributed by atoms with E-state index in [4.69, 9.17) is 5.73 Å². The Morgan fingerprint density at radius 2 is 1.89 bits per heavy atom. The lowest BCUT2D eigenvalue weighted by Crippen LogP contribution is -2.16. The van der Waals surface area contributed by atoms with Crippen molar-refractivity contribution in [3.05, 3.63) is 47.9 Å². The number of nitrogens with two attached hydrogens (primary N) is 1. The number of amides is 1. The third-order valence-electron chi connectivity index (χ3n) is 2.56. The van der Waals surface area contributed by atoms with E-state index in [0.29, 0.717) is 5.69 Å². The SMILES string of the molecule is CCc1ccc(NC(=O)c2nccnc2N)cc1. The van der Waals surface area contributed by atoms with Crippen molar-refractivity contribution < 1.29 is 4.79 Å². The van der Waals surface area contributed by atoms with Crippen molar-refractivity contribution in [1.82, 2.24) is 9.97 Å². The molecule has 5 nitrogen and oxygen atoms in total. The van der Waals surface area contributed by atoms with Crippen molar-refractivity contribution in [1.29, 1.82) is 0 Å². The van der Waals surface area contributed by atoms with Crippen molar-refractivity contribution in [3.8, 4) is 0 Å². The second kappa shape index (κ2) is 5.27. The number of hydrogen-bond donors (Lipinski definition) is 2. The van der Waals surface area contributed by atoms with Crippen LogP contribution >= 0.6 is 0 Å². The first-order chi connectivity index (χ1) is 8.70. The monoisotopic (exact) mass is 242 g/mol. The molecular formula is C13H14N4O. The Morgan fingerprint density at radius 3 is 2.50 bits per heavy atom. The molecule has 0 spiro atoms. The van der Waals surface area contributed by atoms with E-state index in [2.05, 4.69) is 22.2 Å². The Kier molecular flexibility index (Phi) is 3.52. The van der Waals surface area contributed by atoms with Crippen LogP contribution in [0.2, 0.25) is 0 Å². The number of carbonyl (C=O) groups is 1. The number of nitrogen functional groups attached to an aromatic ring is 1. The summed E-state index contributed by atoms with van der Waals surface area (Å²) in [6.45, 7) is 2.08. The number of nitrogens with one attached hydrogen (secondary N) is 1. The molecule has 0 aliphatic heterocycles. The maximum Gasteiger partial charge on any atom is 0.278 e. The number of anilines is 2. The fraction of sp³-hybridized carbons (Fsp3) is 0.154. The quantitative estimate of drug-likeness (QED) is 0.861. The highest BCUT2D eigenvalue weighted by atomic mass is 16.1. The highest BCUT2D eigenvalue weighted by molar-refractivity contribution is 6.05. The van der Waals surface area contributed by atoms with Crippen LogP contribution in [-0.2, 0) is 6.42 Å². The average molecular weight is 242 g/mol. The molecule has 1 aromatic carbocycles. The van der Waals surface area contributed by atoms with Gasteiger partial charge >= 0.3 is 0 Å². The summed E-state index contributed by atoms with van der Waals surface area (Å²) >= 11 is 0. The molecule has 0 atom stereocenters. The molecule has 1 aromatic heterocycles. The molecule has 1 amide bonds. The van der Waals surface area contributed by atoms with Gasteiger partial charge in [0.2, 0.25) is 0 Å². The van der Waals surface area contributed by atoms with Crippen LogP contribution in [0.3, 0.4) is 0 Å². The molecule has 18 heavy (non-hydrogen) atoms. The number of aryl methyl sites for hydroxylation is 1. The van der Waals surface area contributed by atoms with Gasteiger partial charge in [0.15, 0.2) is 11.5 Å². The summed E-state index contributed by atoms with van der Waals surface area (Å²) in [7, 11) is 0. The third kappa shape index (κ3) is 2.63. The van der Waals surface area contributed by atoms with Crippen molar-refractivity contribution in [2.45, 2.75) is 13.3 Å². The molecule has 0 unspecified atom stereocenters. The largest absolute Gasteiger partial charge is 0.382 e. The second-order valence-electron chi connectivity index (χ2n) is 3.79. The summed E-state index contributed by atoms with van der Waals surface area (Å²) in [6.07, 6.45) is 3.85. The fourth-order valence-electron chi connectivity index (χ4n) is 1.54. The van der Waals surface area contributed by atoms with Crippen LogP contribution in [0.1, 0.15) is 23.0 Å². The van der Waals surface area contributed by atoms with Crippen molar-refractivity contribution in [2.75, 3.05) is 11.1 Å². The van der Waals surface area contributed by atoms with Crippen LogP contribution in [-0.4, -0.2) is 15.9 Å². The Bertz CT molecular complexity index is 551. The first kappa shape index (κ1) is 12.0. The predicted molar refractivity (Wildman–Crippen MR) is 70.2 cm³/mol. The van der Waals surface area contributed by atoms with E-state index in [1.165, 1.54) is 18.0 Å². The minimum atomic E-state index is -0.357. The van der Waals surface area contributed by atoms with Gasteiger partial charge in [0.05, 0.1) is 0 Å². The molecule has 5 heteroatoms. The Hall–Kier alpha value is -2.43. The van der Waals surface area contributed by atoms with E-state index in [1.807, 2.05) is 24.3 Å². The molecule has 0 saturated carbocycles. The topological polar surface area (TPSA) is 80.9 Å². The maximum atomic E-state index is 11.9. The lowest BCUT2D eigenvalue weighted by Gasteiger charge is -2.06. The summed E-state index contributed by atoms with van der Waals surface area (Å²) in [5.41, 5.74) is 7.65. The number of benzene rings is 1. The zero-order valence-corrected chi connectivity index (χ0v) is 10.1. The molecule has 0 radical (unpaired) electrons. The predicted octanol–water partition coefficient (Wildman–Crippen LogP) is 1.87. The average Bonchev–Trinajstić information content (AvgIpc) is 2.40. The van der Waals surface area contributed by atoms with Crippen LogP contribution in [0, 0.1) is 0 Å². The minimum absolute atomic E-state index is 0.125. The van der Waals surface area contributed by atoms with Crippen LogP contribution in [0.5, 0.6) is 0 Å². The molecule has 2 rings (SSSR count). The van der Waals surface area contributed by atoms with Crippen LogP contribution in [0.25, 0.3) is 0 Å². The lowest BCUT2D eigenvalue weighted by atomic mass is 10.1. The van der Waals surface area contributed by atoms with Gasteiger partial charge in [-0.3, -0.25) is 4.79 Å². The summed E-state index contributed by atoms with van der Waals surface area (Å²) in [5.74, 6) is -0.231. The first-order valence-corrected chi connectivity index (χ1v) is 5.67. The Balaban J connectivity index is 2.14. The first-order valence-electron chi connectivity index (χ1n) is 5.67. The summed E-state index contributed by atoms with van der Waals surface area (Å²) in [6, 6.07) is 7.64.